The number of nitrogens with one attached hydrogen (secondary N) is 1. The van der Waals surface area contributed by atoms with E-state index in [4.69, 9.17) is 0 Å². The molecule has 0 aliphatic carbocycles. The van der Waals surface area contributed by atoms with Gasteiger partial charge in [-0.1, -0.05) is 0 Å². The minimum absolute atomic E-state index is 0.00900. The highest BCUT2D eigenvalue weighted by Gasteiger charge is 2.28. The molecule has 0 aromatic carbocycles. The molecule has 0 radical (unpaired) electrons. The van der Waals surface area contributed by atoms with Gasteiger partial charge in [-0.15, -0.1) is 0 Å². The third kappa shape index (κ3) is 4.06. The van der Waals surface area contributed by atoms with E-state index in [9.17, 15) is 9.59 Å². The van der Waals surface area contributed by atoms with E-state index in [1.165, 1.54) is 6.92 Å². The van der Waals surface area contributed by atoms with Crippen molar-refractivity contribution >= 4 is 11.8 Å². The highest BCUT2D eigenvalue weighted by atomic mass is 16.2. The Bertz CT molecular complexity index is 498. The molecule has 6 nitrogen and oxygen atoms in total. The predicted molar refractivity (Wildman–Crippen MR) is 79.9 cm³/mol. The van der Waals surface area contributed by atoms with Crippen molar-refractivity contribution < 1.29 is 9.59 Å². The van der Waals surface area contributed by atoms with Gasteiger partial charge in [0.15, 0.2) is 0 Å². The number of likely N-dealkylation sites (tertiary alicyclic amines) is 1. The van der Waals surface area contributed by atoms with Crippen LogP contribution in [0.15, 0.2) is 12.3 Å². The van der Waals surface area contributed by atoms with Crippen molar-refractivity contribution in [3.63, 3.8) is 0 Å². The number of aryl methyl sites for hydroxylation is 1. The SMILES string of the molecule is CCn1ccc(C(=O)N2CCCCC2CCNC(C)=O)n1. The lowest BCUT2D eigenvalue weighted by atomic mass is 9.99. The minimum Gasteiger partial charge on any atom is -0.356 e. The van der Waals surface area contributed by atoms with Gasteiger partial charge in [-0.2, -0.15) is 5.10 Å². The fraction of sp³-hybridized carbons (Fsp3) is 0.667. The Morgan fingerprint density at radius 1 is 1.43 bits per heavy atom. The topological polar surface area (TPSA) is 67.2 Å². The maximum absolute atomic E-state index is 12.6. The molecular weight excluding hydrogens is 268 g/mol. The lowest BCUT2D eigenvalue weighted by molar-refractivity contribution is -0.119. The van der Waals surface area contributed by atoms with Crippen molar-refractivity contribution in [2.75, 3.05) is 13.1 Å². The third-order valence-electron chi connectivity index (χ3n) is 3.92. The molecule has 1 aliphatic heterocycles. The van der Waals surface area contributed by atoms with Crippen molar-refractivity contribution in [3.8, 4) is 0 Å². The highest BCUT2D eigenvalue weighted by Crippen LogP contribution is 2.21. The van der Waals surface area contributed by atoms with Crippen LogP contribution in [0.1, 0.15) is 50.0 Å². The number of amides is 2. The van der Waals surface area contributed by atoms with Crippen LogP contribution in [-0.2, 0) is 11.3 Å². The van der Waals surface area contributed by atoms with Crippen LogP contribution in [0.4, 0.5) is 0 Å². The summed E-state index contributed by atoms with van der Waals surface area (Å²) in [5, 5.41) is 7.11. The van der Waals surface area contributed by atoms with Crippen LogP contribution in [0, 0.1) is 0 Å². The molecule has 1 aliphatic rings. The van der Waals surface area contributed by atoms with Gasteiger partial charge in [0.25, 0.3) is 5.91 Å². The minimum atomic E-state index is -0.0228. The standard InChI is InChI=1S/C15H24N4O2/c1-3-18-11-8-14(17-18)15(21)19-10-5-4-6-13(19)7-9-16-12(2)20/h8,11,13H,3-7,9-10H2,1-2H3,(H,16,20). The number of hydrogen-bond acceptors (Lipinski definition) is 3. The van der Waals surface area contributed by atoms with E-state index in [1.807, 2.05) is 18.0 Å². The van der Waals surface area contributed by atoms with Crippen LogP contribution < -0.4 is 5.32 Å². The molecule has 1 N–H and O–H groups in total. The number of aromatic nitrogens is 2. The zero-order valence-corrected chi connectivity index (χ0v) is 12.8. The average molecular weight is 292 g/mol. The van der Waals surface area contributed by atoms with Gasteiger partial charge >= 0.3 is 0 Å². The Hall–Kier alpha value is -1.85. The highest BCUT2D eigenvalue weighted by molar-refractivity contribution is 5.92. The quantitative estimate of drug-likeness (QED) is 0.892. The number of carbonyl (C=O) groups is 2. The van der Waals surface area contributed by atoms with Gasteiger partial charge in [-0.3, -0.25) is 14.3 Å². The second-order valence-electron chi connectivity index (χ2n) is 5.48. The second kappa shape index (κ2) is 7.24. The Morgan fingerprint density at radius 3 is 2.90 bits per heavy atom. The summed E-state index contributed by atoms with van der Waals surface area (Å²) < 4.78 is 1.77. The summed E-state index contributed by atoms with van der Waals surface area (Å²) >= 11 is 0. The number of nitrogens with zero attached hydrogens (tertiary/aromatic N) is 3. The normalized spacial score (nSPS) is 18.6. The second-order valence-corrected chi connectivity index (χ2v) is 5.48. The van der Waals surface area contributed by atoms with Gasteiger partial charge in [0, 0.05) is 38.8 Å². The smallest absolute Gasteiger partial charge is 0.274 e. The molecule has 0 saturated carbocycles. The van der Waals surface area contributed by atoms with Gasteiger partial charge in [-0.05, 0) is 38.7 Å². The van der Waals surface area contributed by atoms with Crippen LogP contribution in [-0.4, -0.2) is 45.6 Å². The molecule has 1 atom stereocenters. The molecule has 1 aromatic rings. The molecule has 0 spiro atoms. The maximum Gasteiger partial charge on any atom is 0.274 e. The van der Waals surface area contributed by atoms with E-state index >= 15 is 0 Å². The van der Waals surface area contributed by atoms with Gasteiger partial charge in [-0.25, -0.2) is 0 Å². The Kier molecular flexibility index (Phi) is 5.36. The van der Waals surface area contributed by atoms with Gasteiger partial charge in [0.2, 0.25) is 5.91 Å². The van der Waals surface area contributed by atoms with Gasteiger partial charge < -0.3 is 10.2 Å². The zero-order valence-electron chi connectivity index (χ0n) is 12.8. The number of rotatable bonds is 5. The summed E-state index contributed by atoms with van der Waals surface area (Å²) in [6.45, 7) is 5.68. The summed E-state index contributed by atoms with van der Waals surface area (Å²) in [5.74, 6) is -0.0138. The fourth-order valence-corrected chi connectivity index (χ4v) is 2.78. The van der Waals surface area contributed by atoms with Crippen LogP contribution in [0.5, 0.6) is 0 Å². The first-order valence-corrected chi connectivity index (χ1v) is 7.70. The van der Waals surface area contributed by atoms with Gasteiger partial charge in [0.05, 0.1) is 0 Å². The molecule has 1 unspecified atom stereocenters. The number of piperidine rings is 1. The molecule has 116 valence electrons. The van der Waals surface area contributed by atoms with Crippen molar-refractivity contribution in [1.82, 2.24) is 20.0 Å². The molecule has 6 heteroatoms. The Labute approximate surface area is 125 Å². The Balaban J connectivity index is 1.99. The molecule has 2 amide bonds. The molecule has 1 fully saturated rings. The van der Waals surface area contributed by atoms with Crippen LogP contribution in [0.2, 0.25) is 0 Å². The zero-order chi connectivity index (χ0) is 15.2. The summed E-state index contributed by atoms with van der Waals surface area (Å²) in [4.78, 5) is 25.5. The molecular formula is C15H24N4O2. The van der Waals surface area contributed by atoms with Crippen LogP contribution in [0.3, 0.4) is 0 Å². The van der Waals surface area contributed by atoms with E-state index in [0.29, 0.717) is 12.2 Å². The number of carbonyl (C=O) groups excluding carboxylic acids is 2. The van der Waals surface area contributed by atoms with E-state index < -0.39 is 0 Å². The van der Waals surface area contributed by atoms with Crippen molar-refractivity contribution in [2.45, 2.75) is 52.1 Å². The summed E-state index contributed by atoms with van der Waals surface area (Å²) in [6, 6.07) is 1.98. The third-order valence-corrected chi connectivity index (χ3v) is 3.92. The van der Waals surface area contributed by atoms with Crippen molar-refractivity contribution in [3.05, 3.63) is 18.0 Å². The average Bonchev–Trinajstić information content (AvgIpc) is 2.95. The molecule has 2 heterocycles. The predicted octanol–water partition coefficient (Wildman–Crippen LogP) is 1.42. The summed E-state index contributed by atoms with van der Waals surface area (Å²) in [5.41, 5.74) is 0.517. The van der Waals surface area contributed by atoms with E-state index in [1.54, 1.807) is 10.7 Å². The van der Waals surface area contributed by atoms with E-state index in [0.717, 1.165) is 38.8 Å². The molecule has 1 aromatic heterocycles. The van der Waals surface area contributed by atoms with Crippen LogP contribution >= 0.6 is 0 Å². The van der Waals surface area contributed by atoms with E-state index in [-0.39, 0.29) is 17.9 Å². The summed E-state index contributed by atoms with van der Waals surface area (Å²) in [7, 11) is 0. The maximum atomic E-state index is 12.6. The fourth-order valence-electron chi connectivity index (χ4n) is 2.78. The lowest BCUT2D eigenvalue weighted by Crippen LogP contribution is -2.45. The summed E-state index contributed by atoms with van der Waals surface area (Å²) in [6.07, 6.45) is 5.82. The van der Waals surface area contributed by atoms with Crippen molar-refractivity contribution in [1.29, 1.82) is 0 Å². The first-order valence-electron chi connectivity index (χ1n) is 7.70. The van der Waals surface area contributed by atoms with Crippen molar-refractivity contribution in [2.24, 2.45) is 0 Å². The molecule has 21 heavy (non-hydrogen) atoms. The molecule has 2 rings (SSSR count). The monoisotopic (exact) mass is 292 g/mol. The lowest BCUT2D eigenvalue weighted by Gasteiger charge is -2.35. The number of hydrogen-bond donors (Lipinski definition) is 1. The molecule has 1 saturated heterocycles. The van der Waals surface area contributed by atoms with Gasteiger partial charge in [0.1, 0.15) is 5.69 Å². The molecule has 0 bridgehead atoms. The Morgan fingerprint density at radius 2 is 2.24 bits per heavy atom. The first kappa shape index (κ1) is 15.5. The van der Waals surface area contributed by atoms with Crippen LogP contribution in [0.25, 0.3) is 0 Å². The first-order chi connectivity index (χ1) is 10.1. The van der Waals surface area contributed by atoms with E-state index in [2.05, 4.69) is 10.4 Å². The largest absolute Gasteiger partial charge is 0.356 e.